The van der Waals surface area contributed by atoms with Crippen molar-refractivity contribution in [2.45, 2.75) is 18.3 Å². The summed E-state index contributed by atoms with van der Waals surface area (Å²) in [5.41, 5.74) is 3.26. The Bertz CT molecular complexity index is 1300. The second-order valence-electron chi connectivity index (χ2n) is 8.34. The molecule has 1 saturated heterocycles. The van der Waals surface area contributed by atoms with E-state index in [1.165, 1.54) is 22.7 Å². The van der Waals surface area contributed by atoms with E-state index in [2.05, 4.69) is 0 Å². The molecule has 0 bridgehead atoms. The molecule has 5 rings (SSSR count). The average Bonchev–Trinajstić information content (AvgIpc) is 3.38. The molecule has 2 amide bonds. The number of rotatable bonds is 4. The van der Waals surface area contributed by atoms with Crippen molar-refractivity contribution in [1.29, 1.82) is 0 Å². The molecule has 0 aromatic heterocycles. The molecule has 1 atom stereocenters. The first-order chi connectivity index (χ1) is 16.3. The average molecular weight is 481 g/mol. The molecule has 2 aliphatic heterocycles. The molecule has 1 unspecified atom stereocenters. The molecule has 34 heavy (non-hydrogen) atoms. The fourth-order valence-corrected chi connectivity index (χ4v) is 6.00. The number of hydrogen-bond acceptors (Lipinski definition) is 4. The summed E-state index contributed by atoms with van der Waals surface area (Å²) in [6, 6.07) is 16.2. The van der Waals surface area contributed by atoms with E-state index in [0.29, 0.717) is 40.4 Å². The largest absolute Gasteiger partial charge is 0.497 e. The fourth-order valence-electron chi connectivity index (χ4n) is 4.55. The number of fused-ring (bicyclic) bond motifs is 2. The highest BCUT2D eigenvalue weighted by Gasteiger charge is 2.59. The predicted molar refractivity (Wildman–Crippen MR) is 127 cm³/mol. The van der Waals surface area contributed by atoms with Crippen LogP contribution in [0.2, 0.25) is 0 Å². The van der Waals surface area contributed by atoms with Crippen LogP contribution in [0.1, 0.15) is 27.0 Å². The molecular weight excluding hydrogens is 458 g/mol. The number of aryl methyl sites for hydroxylation is 1. The number of thioether (sulfide) groups is 1. The zero-order chi connectivity index (χ0) is 24.0. The Morgan fingerprint density at radius 3 is 2.53 bits per heavy atom. The van der Waals surface area contributed by atoms with Crippen molar-refractivity contribution in [2.75, 3.05) is 24.3 Å². The van der Waals surface area contributed by atoms with Crippen LogP contribution in [-0.2, 0) is 16.2 Å². The lowest BCUT2D eigenvalue weighted by molar-refractivity contribution is -0.123. The number of carbonyl (C=O) groups is 2. The van der Waals surface area contributed by atoms with E-state index in [-0.39, 0.29) is 18.4 Å². The minimum atomic E-state index is -1.26. The highest BCUT2D eigenvalue weighted by Crippen LogP contribution is 2.55. The van der Waals surface area contributed by atoms with Crippen LogP contribution in [0.5, 0.6) is 5.75 Å². The molecule has 1 spiro atoms. The number of nitrogens with zero attached hydrogens (tertiary/aromatic N) is 2. The highest BCUT2D eigenvalue weighted by atomic mass is 32.2. The van der Waals surface area contributed by atoms with Crippen molar-refractivity contribution >= 4 is 29.3 Å². The second-order valence-corrected chi connectivity index (χ2v) is 9.63. The summed E-state index contributed by atoms with van der Waals surface area (Å²) in [7, 11) is 1.54. The van der Waals surface area contributed by atoms with Gasteiger partial charge in [-0.25, -0.2) is 8.78 Å². The van der Waals surface area contributed by atoms with Crippen molar-refractivity contribution in [2.24, 2.45) is 0 Å². The molecule has 0 radical (unpaired) electrons. The Morgan fingerprint density at radius 1 is 1.06 bits per heavy atom. The lowest BCUT2D eigenvalue weighted by Crippen LogP contribution is -2.50. The summed E-state index contributed by atoms with van der Waals surface area (Å²) >= 11 is 1.40. The maximum atomic E-state index is 14.0. The molecule has 3 aromatic rings. The third-order valence-corrected chi connectivity index (χ3v) is 7.69. The zero-order valence-electron chi connectivity index (χ0n) is 18.7. The van der Waals surface area contributed by atoms with Gasteiger partial charge in [0, 0.05) is 23.4 Å². The summed E-state index contributed by atoms with van der Waals surface area (Å²) in [4.78, 5) is 29.5. The smallest absolute Gasteiger partial charge is 0.268 e. The maximum Gasteiger partial charge on any atom is 0.268 e. The molecule has 0 N–H and O–H groups in total. The second kappa shape index (κ2) is 8.43. The number of hydrogen-bond donors (Lipinski definition) is 0. The monoisotopic (exact) mass is 480 g/mol. The van der Waals surface area contributed by atoms with Gasteiger partial charge in [-0.1, -0.05) is 23.8 Å². The van der Waals surface area contributed by atoms with Gasteiger partial charge < -0.3 is 14.5 Å². The Hall–Kier alpha value is -3.39. The van der Waals surface area contributed by atoms with Gasteiger partial charge in [0.25, 0.3) is 11.8 Å². The highest BCUT2D eigenvalue weighted by molar-refractivity contribution is 8.01. The normalized spacial score (nSPS) is 19.1. The van der Waals surface area contributed by atoms with E-state index in [1.54, 1.807) is 42.3 Å². The molecule has 174 valence electrons. The Morgan fingerprint density at radius 2 is 1.82 bits per heavy atom. The van der Waals surface area contributed by atoms with Crippen LogP contribution in [0.15, 0.2) is 60.7 Å². The number of halogens is 2. The summed E-state index contributed by atoms with van der Waals surface area (Å²) in [6.45, 7) is 2.39. The quantitative estimate of drug-likeness (QED) is 0.535. The van der Waals surface area contributed by atoms with Crippen LogP contribution in [0.3, 0.4) is 0 Å². The number of benzene rings is 3. The number of anilines is 1. The van der Waals surface area contributed by atoms with Crippen LogP contribution < -0.4 is 9.64 Å². The van der Waals surface area contributed by atoms with Gasteiger partial charge in [-0.15, -0.1) is 11.8 Å². The lowest BCUT2D eigenvalue weighted by atomic mass is 10.0. The topological polar surface area (TPSA) is 49.9 Å². The first kappa shape index (κ1) is 22.4. The van der Waals surface area contributed by atoms with Gasteiger partial charge >= 0.3 is 0 Å². The van der Waals surface area contributed by atoms with E-state index in [0.717, 1.165) is 17.7 Å². The van der Waals surface area contributed by atoms with Gasteiger partial charge in [0.1, 0.15) is 5.75 Å². The van der Waals surface area contributed by atoms with E-state index >= 15 is 0 Å². The van der Waals surface area contributed by atoms with Crippen LogP contribution in [0, 0.1) is 18.6 Å². The molecule has 0 saturated carbocycles. The van der Waals surface area contributed by atoms with Crippen molar-refractivity contribution in [1.82, 2.24) is 4.90 Å². The van der Waals surface area contributed by atoms with E-state index in [9.17, 15) is 18.4 Å². The first-order valence-electron chi connectivity index (χ1n) is 10.8. The number of amides is 2. The third kappa shape index (κ3) is 3.44. The third-order valence-electron chi connectivity index (χ3n) is 6.27. The van der Waals surface area contributed by atoms with Gasteiger partial charge in [0.2, 0.25) is 0 Å². The standard InChI is InChI=1S/C26H22F2N2O3S/c1-16-3-6-18(7-4-16)24(31)30-11-12-34-26(30)20-14-19(33-2)8-10-23(20)29(25(26)32)15-17-5-9-21(27)22(28)13-17/h3-10,13-14H,11-12,15H2,1-2H3. The minimum Gasteiger partial charge on any atom is -0.497 e. The molecule has 5 nitrogen and oxygen atoms in total. The SMILES string of the molecule is COc1ccc2c(c1)C1(SCCN1C(=O)c1ccc(C)cc1)C(=O)N2Cc1ccc(F)c(F)c1. The first-order valence-corrected chi connectivity index (χ1v) is 11.8. The molecule has 1 fully saturated rings. The van der Waals surface area contributed by atoms with Crippen molar-refractivity contribution in [3.63, 3.8) is 0 Å². The molecule has 2 aliphatic rings. The number of carbonyl (C=O) groups excluding carboxylic acids is 2. The minimum absolute atomic E-state index is 0.0459. The van der Waals surface area contributed by atoms with Crippen molar-refractivity contribution in [3.8, 4) is 5.75 Å². The number of methoxy groups -OCH3 is 1. The Labute approximate surface area is 200 Å². The Kier molecular flexibility index (Phi) is 5.56. The van der Waals surface area contributed by atoms with Gasteiger partial charge in [0.05, 0.1) is 19.3 Å². The molecule has 0 aliphatic carbocycles. The van der Waals surface area contributed by atoms with Gasteiger partial charge in [0.15, 0.2) is 16.5 Å². The molecular formula is C26H22F2N2O3S. The van der Waals surface area contributed by atoms with Gasteiger partial charge in [-0.3, -0.25) is 9.59 Å². The zero-order valence-corrected chi connectivity index (χ0v) is 19.5. The van der Waals surface area contributed by atoms with Crippen LogP contribution >= 0.6 is 11.8 Å². The van der Waals surface area contributed by atoms with E-state index in [1.807, 2.05) is 19.1 Å². The number of ether oxygens (including phenoxy) is 1. The Balaban J connectivity index is 1.60. The van der Waals surface area contributed by atoms with Gasteiger partial charge in [-0.05, 0) is 55.0 Å². The van der Waals surface area contributed by atoms with Crippen LogP contribution in [-0.4, -0.2) is 36.1 Å². The van der Waals surface area contributed by atoms with E-state index in [4.69, 9.17) is 4.74 Å². The van der Waals surface area contributed by atoms with Gasteiger partial charge in [-0.2, -0.15) is 0 Å². The lowest BCUT2D eigenvalue weighted by Gasteiger charge is -2.33. The fraction of sp³-hybridized carbons (Fsp3) is 0.231. The van der Waals surface area contributed by atoms with E-state index < -0.39 is 16.5 Å². The maximum absolute atomic E-state index is 14.0. The van der Waals surface area contributed by atoms with Crippen LogP contribution in [0.25, 0.3) is 0 Å². The molecule has 8 heteroatoms. The summed E-state index contributed by atoms with van der Waals surface area (Å²) in [5, 5.41) is 0. The summed E-state index contributed by atoms with van der Waals surface area (Å²) in [6.07, 6.45) is 0. The molecule has 2 heterocycles. The summed E-state index contributed by atoms with van der Waals surface area (Å²) < 4.78 is 32.8. The van der Waals surface area contributed by atoms with Crippen LogP contribution in [0.4, 0.5) is 14.5 Å². The van der Waals surface area contributed by atoms with Crippen molar-refractivity contribution < 1.29 is 23.1 Å². The predicted octanol–water partition coefficient (Wildman–Crippen LogP) is 4.87. The molecule has 3 aromatic carbocycles. The summed E-state index contributed by atoms with van der Waals surface area (Å²) in [5.74, 6) is -1.29. The van der Waals surface area contributed by atoms with Crippen molar-refractivity contribution in [3.05, 3.63) is 94.6 Å².